The van der Waals surface area contributed by atoms with E-state index in [1.807, 2.05) is 12.1 Å². The lowest BCUT2D eigenvalue weighted by Crippen LogP contribution is -2.22. The van der Waals surface area contributed by atoms with Crippen LogP contribution in [0.3, 0.4) is 0 Å². The first-order valence-electron chi connectivity index (χ1n) is 7.16. The largest absolute Gasteiger partial charge is 0.464 e. The monoisotopic (exact) mass is 281 g/mol. The first-order valence-corrected chi connectivity index (χ1v) is 7.16. The summed E-state index contributed by atoms with van der Waals surface area (Å²) < 4.78 is 5.48. The summed E-state index contributed by atoms with van der Waals surface area (Å²) in [5.74, 6) is 0.915. The number of pyridine rings is 1. The van der Waals surface area contributed by atoms with Crippen LogP contribution >= 0.6 is 0 Å². The minimum atomic E-state index is 0.656. The van der Waals surface area contributed by atoms with Gasteiger partial charge in [-0.1, -0.05) is 17.7 Å². The van der Waals surface area contributed by atoms with Gasteiger partial charge < -0.3 is 15.1 Å². The Hall–Kier alpha value is -2.33. The Morgan fingerprint density at radius 1 is 1.14 bits per heavy atom. The molecule has 0 fully saturated rings. The van der Waals surface area contributed by atoms with Crippen LogP contribution in [0, 0.1) is 6.92 Å². The highest BCUT2D eigenvalue weighted by molar-refractivity contribution is 5.90. The van der Waals surface area contributed by atoms with Gasteiger partial charge in [-0.05, 0) is 44.2 Å². The fourth-order valence-electron chi connectivity index (χ4n) is 2.43. The summed E-state index contributed by atoms with van der Waals surface area (Å²) >= 11 is 0. The van der Waals surface area contributed by atoms with Crippen molar-refractivity contribution in [3.8, 4) is 0 Å². The highest BCUT2D eigenvalue weighted by atomic mass is 16.3. The summed E-state index contributed by atoms with van der Waals surface area (Å²) in [4.78, 5) is 6.75. The molecule has 2 heterocycles. The average Bonchev–Trinajstić information content (AvgIpc) is 2.98. The minimum Gasteiger partial charge on any atom is -0.464 e. The predicted octanol–water partition coefficient (Wildman–Crippen LogP) is 3.62. The van der Waals surface area contributed by atoms with Gasteiger partial charge in [0.2, 0.25) is 0 Å². The van der Waals surface area contributed by atoms with Crippen LogP contribution in [-0.2, 0) is 0 Å². The second kappa shape index (κ2) is 5.97. The van der Waals surface area contributed by atoms with Gasteiger partial charge in [-0.25, -0.2) is 4.98 Å². The Morgan fingerprint density at radius 2 is 1.95 bits per heavy atom. The van der Waals surface area contributed by atoms with Gasteiger partial charge in [-0.2, -0.15) is 0 Å². The van der Waals surface area contributed by atoms with Crippen molar-refractivity contribution in [2.45, 2.75) is 13.3 Å². The van der Waals surface area contributed by atoms with E-state index in [2.05, 4.69) is 41.1 Å². The molecule has 2 N–H and O–H groups in total. The van der Waals surface area contributed by atoms with Crippen LogP contribution in [0.25, 0.3) is 11.0 Å². The molecule has 2 aromatic heterocycles. The Balaban J connectivity index is 2.06. The van der Waals surface area contributed by atoms with Crippen LogP contribution in [0.5, 0.6) is 0 Å². The van der Waals surface area contributed by atoms with Gasteiger partial charge in [0, 0.05) is 18.4 Å². The molecule has 3 aromatic rings. The molecule has 3 rings (SSSR count). The molecule has 0 aliphatic heterocycles. The van der Waals surface area contributed by atoms with Crippen molar-refractivity contribution in [3.05, 3.63) is 54.4 Å². The second-order valence-electron chi connectivity index (χ2n) is 5.10. The van der Waals surface area contributed by atoms with Crippen molar-refractivity contribution in [2.24, 2.45) is 5.73 Å². The minimum absolute atomic E-state index is 0.656. The number of anilines is 2. The molecule has 108 valence electrons. The van der Waals surface area contributed by atoms with Gasteiger partial charge in [0.15, 0.2) is 0 Å². The molecule has 4 heteroatoms. The molecule has 0 unspecified atom stereocenters. The predicted molar refractivity (Wildman–Crippen MR) is 85.9 cm³/mol. The third kappa shape index (κ3) is 2.76. The number of rotatable bonds is 5. The Labute approximate surface area is 124 Å². The van der Waals surface area contributed by atoms with Crippen molar-refractivity contribution < 1.29 is 4.42 Å². The number of hydrogen-bond acceptors (Lipinski definition) is 4. The molecule has 4 nitrogen and oxygen atoms in total. The van der Waals surface area contributed by atoms with Crippen molar-refractivity contribution in [1.82, 2.24) is 4.98 Å². The third-order valence-corrected chi connectivity index (χ3v) is 3.55. The number of furan rings is 1. The molecule has 1 aromatic carbocycles. The first kappa shape index (κ1) is 13.6. The lowest BCUT2D eigenvalue weighted by atomic mass is 10.2. The van der Waals surface area contributed by atoms with E-state index in [0.717, 1.165) is 35.4 Å². The number of aryl methyl sites for hydroxylation is 1. The van der Waals surface area contributed by atoms with Gasteiger partial charge in [0.1, 0.15) is 11.4 Å². The maximum Gasteiger partial charge on any atom is 0.144 e. The highest BCUT2D eigenvalue weighted by Gasteiger charge is 2.14. The molecule has 0 aliphatic rings. The van der Waals surface area contributed by atoms with Gasteiger partial charge in [0.05, 0.1) is 11.6 Å². The van der Waals surface area contributed by atoms with E-state index in [-0.39, 0.29) is 0 Å². The van der Waals surface area contributed by atoms with E-state index >= 15 is 0 Å². The lowest BCUT2D eigenvalue weighted by molar-refractivity contribution is 0.615. The van der Waals surface area contributed by atoms with Gasteiger partial charge >= 0.3 is 0 Å². The van der Waals surface area contributed by atoms with E-state index in [1.165, 1.54) is 5.56 Å². The molecule has 0 aliphatic carbocycles. The number of nitrogens with two attached hydrogens (primary N) is 1. The second-order valence-corrected chi connectivity index (χ2v) is 5.10. The Kier molecular flexibility index (Phi) is 3.88. The fraction of sp³-hybridized carbons (Fsp3) is 0.235. The standard InChI is InChI=1S/C17H19N3O/c1-13-3-5-14(6-4-13)20(11-2-9-18)17-15-8-12-21-16(15)7-10-19-17/h3-8,10,12H,2,9,11,18H2,1H3. The SMILES string of the molecule is Cc1ccc(N(CCCN)c2nccc3occc23)cc1. The molecule has 0 amide bonds. The normalized spacial score (nSPS) is 11.0. The van der Waals surface area contributed by atoms with E-state index in [4.69, 9.17) is 10.2 Å². The van der Waals surface area contributed by atoms with Crippen molar-refractivity contribution in [1.29, 1.82) is 0 Å². The molecule has 21 heavy (non-hydrogen) atoms. The maximum absolute atomic E-state index is 5.68. The van der Waals surface area contributed by atoms with Gasteiger partial charge in [0.25, 0.3) is 0 Å². The van der Waals surface area contributed by atoms with Crippen molar-refractivity contribution >= 4 is 22.5 Å². The smallest absolute Gasteiger partial charge is 0.144 e. The average molecular weight is 281 g/mol. The summed E-state index contributed by atoms with van der Waals surface area (Å²) in [6.07, 6.45) is 4.39. The summed E-state index contributed by atoms with van der Waals surface area (Å²) in [6.45, 7) is 3.57. The summed E-state index contributed by atoms with van der Waals surface area (Å²) in [5.41, 5.74) is 8.90. The quantitative estimate of drug-likeness (QED) is 0.776. The lowest BCUT2D eigenvalue weighted by Gasteiger charge is -2.24. The highest BCUT2D eigenvalue weighted by Crippen LogP contribution is 2.31. The van der Waals surface area contributed by atoms with Crippen molar-refractivity contribution in [3.63, 3.8) is 0 Å². The van der Waals surface area contributed by atoms with Crippen LogP contribution in [0.15, 0.2) is 53.3 Å². The summed E-state index contributed by atoms with van der Waals surface area (Å²) in [6, 6.07) is 12.3. The van der Waals surface area contributed by atoms with E-state index in [1.54, 1.807) is 12.5 Å². The molecule has 0 bridgehead atoms. The molecular weight excluding hydrogens is 262 g/mol. The number of aromatic nitrogens is 1. The number of nitrogens with zero attached hydrogens (tertiary/aromatic N) is 2. The Bertz CT molecular complexity index is 718. The fourth-order valence-corrected chi connectivity index (χ4v) is 2.43. The van der Waals surface area contributed by atoms with Crippen LogP contribution in [0.2, 0.25) is 0 Å². The molecule has 0 saturated heterocycles. The van der Waals surface area contributed by atoms with Crippen molar-refractivity contribution in [2.75, 3.05) is 18.0 Å². The van der Waals surface area contributed by atoms with E-state index < -0.39 is 0 Å². The van der Waals surface area contributed by atoms with Crippen LogP contribution in [0.1, 0.15) is 12.0 Å². The molecular formula is C17H19N3O. The van der Waals surface area contributed by atoms with E-state index in [0.29, 0.717) is 6.54 Å². The number of benzene rings is 1. The number of fused-ring (bicyclic) bond motifs is 1. The van der Waals surface area contributed by atoms with Crippen LogP contribution < -0.4 is 10.6 Å². The maximum atomic E-state index is 5.68. The van der Waals surface area contributed by atoms with Crippen LogP contribution in [0.4, 0.5) is 11.5 Å². The molecule has 0 saturated carbocycles. The van der Waals surface area contributed by atoms with Crippen LogP contribution in [-0.4, -0.2) is 18.1 Å². The molecule has 0 radical (unpaired) electrons. The molecule has 0 atom stereocenters. The zero-order chi connectivity index (χ0) is 14.7. The number of hydrogen-bond donors (Lipinski definition) is 1. The molecule has 0 spiro atoms. The summed E-state index contributed by atoms with van der Waals surface area (Å²) in [7, 11) is 0. The zero-order valence-corrected chi connectivity index (χ0v) is 12.1. The van der Waals surface area contributed by atoms with Gasteiger partial charge in [-0.3, -0.25) is 0 Å². The summed E-state index contributed by atoms with van der Waals surface area (Å²) in [5, 5.41) is 1.02. The van der Waals surface area contributed by atoms with Gasteiger partial charge in [-0.15, -0.1) is 0 Å². The zero-order valence-electron chi connectivity index (χ0n) is 12.1. The topological polar surface area (TPSA) is 55.3 Å². The first-order chi connectivity index (χ1) is 10.3. The Morgan fingerprint density at radius 3 is 2.71 bits per heavy atom. The third-order valence-electron chi connectivity index (χ3n) is 3.55. The van der Waals surface area contributed by atoms with E-state index in [9.17, 15) is 0 Å².